The molecule has 1 nitrogen and oxygen atoms in total. The molecule has 0 aromatic rings. The Kier molecular flexibility index (Phi) is 6.06. The molecule has 0 bridgehead atoms. The van der Waals surface area contributed by atoms with E-state index >= 15 is 0 Å². The second-order valence-electron chi connectivity index (χ2n) is 3.85. The fourth-order valence-electron chi connectivity index (χ4n) is 1.10. The van der Waals surface area contributed by atoms with E-state index in [0.717, 1.165) is 6.42 Å². The van der Waals surface area contributed by atoms with Gasteiger partial charge in [-0.3, -0.25) is 4.79 Å². The monoisotopic (exact) mass is 216 g/mol. The van der Waals surface area contributed by atoms with Crippen molar-refractivity contribution < 1.29 is 13.6 Å². The van der Waals surface area contributed by atoms with Crippen LogP contribution in [0.15, 0.2) is 23.8 Å². The van der Waals surface area contributed by atoms with Gasteiger partial charge in [0, 0.05) is 0 Å². The van der Waals surface area contributed by atoms with Crippen molar-refractivity contribution in [1.29, 1.82) is 0 Å². The van der Waals surface area contributed by atoms with Gasteiger partial charge in [-0.2, -0.15) is 8.78 Å². The van der Waals surface area contributed by atoms with Gasteiger partial charge in [-0.1, -0.05) is 33.8 Å². The van der Waals surface area contributed by atoms with Crippen molar-refractivity contribution in [3.8, 4) is 0 Å². The van der Waals surface area contributed by atoms with Crippen molar-refractivity contribution in [2.45, 2.75) is 40.0 Å². The fourth-order valence-corrected chi connectivity index (χ4v) is 1.10. The Labute approximate surface area is 89.9 Å². The number of halogens is 2. The van der Waals surface area contributed by atoms with E-state index in [4.69, 9.17) is 0 Å². The van der Waals surface area contributed by atoms with Gasteiger partial charge in [0.2, 0.25) is 0 Å². The SMILES string of the molecule is C=C(C(=O)C(CCCC)=C(F)F)C(C)C. The summed E-state index contributed by atoms with van der Waals surface area (Å²) in [6.07, 6.45) is -0.332. The van der Waals surface area contributed by atoms with Crippen molar-refractivity contribution in [2.75, 3.05) is 0 Å². The third-order valence-corrected chi connectivity index (χ3v) is 2.27. The molecule has 0 aliphatic carbocycles. The van der Waals surface area contributed by atoms with Gasteiger partial charge in [-0.25, -0.2) is 0 Å². The van der Waals surface area contributed by atoms with Gasteiger partial charge in [0.05, 0.1) is 5.57 Å². The van der Waals surface area contributed by atoms with Crippen LogP contribution in [-0.4, -0.2) is 5.78 Å². The van der Waals surface area contributed by atoms with E-state index in [1.807, 2.05) is 6.92 Å². The minimum absolute atomic E-state index is 0.0894. The van der Waals surface area contributed by atoms with Crippen molar-refractivity contribution in [3.63, 3.8) is 0 Å². The van der Waals surface area contributed by atoms with Gasteiger partial charge in [0.25, 0.3) is 6.08 Å². The van der Waals surface area contributed by atoms with Crippen LogP contribution < -0.4 is 0 Å². The zero-order chi connectivity index (χ0) is 12.0. The van der Waals surface area contributed by atoms with Crippen LogP contribution in [0.25, 0.3) is 0 Å². The topological polar surface area (TPSA) is 17.1 Å². The summed E-state index contributed by atoms with van der Waals surface area (Å²) in [4.78, 5) is 11.6. The second-order valence-corrected chi connectivity index (χ2v) is 3.85. The van der Waals surface area contributed by atoms with E-state index in [1.54, 1.807) is 13.8 Å². The van der Waals surface area contributed by atoms with Crippen LogP contribution in [0.5, 0.6) is 0 Å². The lowest BCUT2D eigenvalue weighted by molar-refractivity contribution is -0.113. The minimum atomic E-state index is -1.87. The Bertz CT molecular complexity index is 273. The molecule has 0 aromatic carbocycles. The Morgan fingerprint density at radius 1 is 1.33 bits per heavy atom. The van der Waals surface area contributed by atoms with Gasteiger partial charge < -0.3 is 0 Å². The van der Waals surface area contributed by atoms with Gasteiger partial charge >= 0.3 is 0 Å². The first-order valence-corrected chi connectivity index (χ1v) is 5.19. The number of rotatable bonds is 6. The number of hydrogen-bond acceptors (Lipinski definition) is 1. The largest absolute Gasteiger partial charge is 0.289 e. The average Bonchev–Trinajstić information content (AvgIpc) is 2.16. The highest BCUT2D eigenvalue weighted by molar-refractivity contribution is 6.08. The van der Waals surface area contributed by atoms with Gasteiger partial charge in [0.15, 0.2) is 5.78 Å². The smallest absolute Gasteiger partial charge is 0.277 e. The fraction of sp³-hybridized carbons (Fsp3) is 0.583. The Morgan fingerprint density at radius 2 is 1.87 bits per heavy atom. The molecule has 0 saturated carbocycles. The lowest BCUT2D eigenvalue weighted by Crippen LogP contribution is -2.11. The van der Waals surface area contributed by atoms with Crippen molar-refractivity contribution in [2.24, 2.45) is 5.92 Å². The highest BCUT2D eigenvalue weighted by atomic mass is 19.3. The number of carbonyl (C=O) groups excluding carboxylic acids is 1. The summed E-state index contributed by atoms with van der Waals surface area (Å²) in [5.41, 5.74) is -0.107. The van der Waals surface area contributed by atoms with E-state index in [0.29, 0.717) is 6.42 Å². The molecule has 0 aromatic heterocycles. The molecule has 0 spiro atoms. The lowest BCUT2D eigenvalue weighted by atomic mass is 9.94. The molecule has 0 unspecified atom stereocenters. The number of allylic oxidation sites excluding steroid dienone is 2. The van der Waals surface area contributed by atoms with Crippen LogP contribution in [-0.2, 0) is 4.79 Å². The third kappa shape index (κ3) is 4.36. The molecular weight excluding hydrogens is 198 g/mol. The predicted molar refractivity (Wildman–Crippen MR) is 57.8 cm³/mol. The summed E-state index contributed by atoms with van der Waals surface area (Å²) >= 11 is 0. The lowest BCUT2D eigenvalue weighted by Gasteiger charge is -2.10. The molecule has 0 radical (unpaired) electrons. The zero-order valence-electron chi connectivity index (χ0n) is 9.57. The van der Waals surface area contributed by atoms with Crippen LogP contribution in [0.3, 0.4) is 0 Å². The first-order chi connectivity index (χ1) is 6.91. The van der Waals surface area contributed by atoms with Crippen molar-refractivity contribution in [3.05, 3.63) is 23.8 Å². The number of ketones is 1. The number of Topliss-reactive ketones (excluding diaryl/α,β-unsaturated/α-hetero) is 1. The molecule has 0 N–H and O–H groups in total. The summed E-state index contributed by atoms with van der Waals surface area (Å²) in [5.74, 6) is -0.674. The number of hydrogen-bond donors (Lipinski definition) is 0. The molecule has 0 heterocycles. The maximum absolute atomic E-state index is 12.5. The van der Waals surface area contributed by atoms with Crippen LogP contribution in [0.4, 0.5) is 8.78 Å². The van der Waals surface area contributed by atoms with E-state index in [-0.39, 0.29) is 23.5 Å². The van der Waals surface area contributed by atoms with Gasteiger partial charge in [-0.05, 0) is 24.3 Å². The maximum Gasteiger partial charge on any atom is 0.277 e. The Morgan fingerprint density at radius 3 is 2.20 bits per heavy atom. The van der Waals surface area contributed by atoms with Gasteiger partial charge in [-0.15, -0.1) is 0 Å². The standard InChI is InChI=1S/C12H18F2O/c1-5-6-7-10(12(13)14)11(15)9(4)8(2)3/h8H,4-7H2,1-3H3. The molecule has 0 rings (SSSR count). The summed E-state index contributed by atoms with van der Waals surface area (Å²) in [6.45, 7) is 8.99. The van der Waals surface area contributed by atoms with Crippen LogP contribution in [0.2, 0.25) is 0 Å². The maximum atomic E-state index is 12.5. The average molecular weight is 216 g/mol. The summed E-state index contributed by atoms with van der Waals surface area (Å²) in [5, 5.41) is 0. The summed E-state index contributed by atoms with van der Waals surface area (Å²) in [7, 11) is 0. The molecule has 0 fully saturated rings. The quantitative estimate of drug-likeness (QED) is 0.611. The molecular formula is C12H18F2O. The van der Waals surface area contributed by atoms with Crippen molar-refractivity contribution >= 4 is 5.78 Å². The first kappa shape index (κ1) is 14.0. The molecule has 3 heteroatoms. The first-order valence-electron chi connectivity index (χ1n) is 5.19. The molecule has 0 amide bonds. The van der Waals surface area contributed by atoms with Gasteiger partial charge in [0.1, 0.15) is 0 Å². The third-order valence-electron chi connectivity index (χ3n) is 2.27. The minimum Gasteiger partial charge on any atom is -0.289 e. The number of unbranched alkanes of at least 4 members (excludes halogenated alkanes) is 1. The van der Waals surface area contributed by atoms with E-state index in [2.05, 4.69) is 6.58 Å². The predicted octanol–water partition coefficient (Wildman–Crippen LogP) is 4.11. The van der Waals surface area contributed by atoms with Crippen LogP contribution in [0.1, 0.15) is 40.0 Å². The molecule has 0 saturated heterocycles. The highest BCUT2D eigenvalue weighted by Crippen LogP contribution is 2.22. The molecule has 0 atom stereocenters. The molecule has 0 aliphatic heterocycles. The van der Waals surface area contributed by atoms with Crippen LogP contribution in [0, 0.1) is 5.92 Å². The molecule has 0 aliphatic rings. The summed E-state index contributed by atoms with van der Waals surface area (Å²) in [6, 6.07) is 0. The normalized spacial score (nSPS) is 10.3. The van der Waals surface area contributed by atoms with Crippen molar-refractivity contribution in [1.82, 2.24) is 0 Å². The summed E-state index contributed by atoms with van der Waals surface area (Å²) < 4.78 is 25.0. The van der Waals surface area contributed by atoms with E-state index in [1.165, 1.54) is 0 Å². The highest BCUT2D eigenvalue weighted by Gasteiger charge is 2.19. The molecule has 15 heavy (non-hydrogen) atoms. The van der Waals surface area contributed by atoms with Crippen LogP contribution >= 0.6 is 0 Å². The Hall–Kier alpha value is -0.990. The van der Waals surface area contributed by atoms with E-state index in [9.17, 15) is 13.6 Å². The molecule has 86 valence electrons. The zero-order valence-corrected chi connectivity index (χ0v) is 9.57. The second kappa shape index (κ2) is 6.49. The van der Waals surface area contributed by atoms with E-state index < -0.39 is 11.9 Å². The Balaban J connectivity index is 4.74. The number of carbonyl (C=O) groups is 1.